The Morgan fingerprint density at radius 3 is 2.57 bits per heavy atom. The number of likely N-dealkylation sites (N-methyl/N-ethyl adjacent to an activating group) is 1. The first kappa shape index (κ1) is 16.2. The molecule has 1 heterocycles. The lowest BCUT2D eigenvalue weighted by Crippen LogP contribution is -2.39. The van der Waals surface area contributed by atoms with Gasteiger partial charge < -0.3 is 14.8 Å². The second-order valence-electron chi connectivity index (χ2n) is 5.45. The zero-order chi connectivity index (χ0) is 15.1. The summed E-state index contributed by atoms with van der Waals surface area (Å²) in [5, 5.41) is 3.40. The van der Waals surface area contributed by atoms with Gasteiger partial charge in [0.05, 0.1) is 12.6 Å². The maximum absolute atomic E-state index is 5.59. The molecule has 0 amide bonds. The molecule has 1 aromatic carbocycles. The summed E-state index contributed by atoms with van der Waals surface area (Å²) in [6, 6.07) is 9.10. The van der Waals surface area contributed by atoms with E-state index in [1.807, 2.05) is 12.1 Å². The van der Waals surface area contributed by atoms with Gasteiger partial charge in [0, 0.05) is 19.7 Å². The quantitative estimate of drug-likeness (QED) is 0.634. The van der Waals surface area contributed by atoms with Gasteiger partial charge in [-0.05, 0) is 30.2 Å². The summed E-state index contributed by atoms with van der Waals surface area (Å²) >= 11 is 0. The molecule has 0 aliphatic carbocycles. The van der Waals surface area contributed by atoms with Crippen molar-refractivity contribution in [3.63, 3.8) is 0 Å². The maximum atomic E-state index is 5.59. The van der Waals surface area contributed by atoms with Crippen molar-refractivity contribution in [1.82, 2.24) is 16.2 Å². The predicted molar refractivity (Wildman–Crippen MR) is 84.3 cm³/mol. The van der Waals surface area contributed by atoms with Crippen molar-refractivity contribution < 1.29 is 9.47 Å². The number of methoxy groups -OCH3 is 1. The van der Waals surface area contributed by atoms with E-state index >= 15 is 0 Å². The first-order chi connectivity index (χ1) is 10.3. The van der Waals surface area contributed by atoms with Crippen LogP contribution in [0, 0.1) is 5.92 Å². The van der Waals surface area contributed by atoms with Crippen molar-refractivity contribution in [2.75, 3.05) is 33.4 Å². The molecule has 5 heteroatoms. The lowest BCUT2D eigenvalue weighted by molar-refractivity contribution is 0.146. The summed E-state index contributed by atoms with van der Waals surface area (Å²) < 4.78 is 10.6. The van der Waals surface area contributed by atoms with Crippen LogP contribution >= 0.6 is 0 Å². The van der Waals surface area contributed by atoms with Gasteiger partial charge in [-0.3, -0.25) is 5.43 Å². The highest BCUT2D eigenvalue weighted by molar-refractivity contribution is 5.30. The van der Waals surface area contributed by atoms with Crippen LogP contribution in [0.5, 0.6) is 5.75 Å². The van der Waals surface area contributed by atoms with E-state index < -0.39 is 0 Å². The van der Waals surface area contributed by atoms with Crippen molar-refractivity contribution in [3.8, 4) is 5.75 Å². The van der Waals surface area contributed by atoms with Crippen molar-refractivity contribution in [1.29, 1.82) is 0 Å². The van der Waals surface area contributed by atoms with Gasteiger partial charge in [-0.25, -0.2) is 5.43 Å². The van der Waals surface area contributed by atoms with E-state index in [1.54, 1.807) is 7.11 Å². The van der Waals surface area contributed by atoms with Crippen LogP contribution < -0.4 is 20.9 Å². The molecule has 3 atom stereocenters. The number of ether oxygens (including phenoxy) is 2. The van der Waals surface area contributed by atoms with Gasteiger partial charge in [-0.2, -0.15) is 0 Å². The summed E-state index contributed by atoms with van der Waals surface area (Å²) in [6.07, 6.45) is 0. The van der Waals surface area contributed by atoms with Gasteiger partial charge in [0.15, 0.2) is 0 Å². The fourth-order valence-corrected chi connectivity index (χ4v) is 2.63. The molecule has 0 aromatic heterocycles. The van der Waals surface area contributed by atoms with Crippen LogP contribution in [-0.4, -0.2) is 39.5 Å². The first-order valence-electron chi connectivity index (χ1n) is 7.69. The van der Waals surface area contributed by atoms with Gasteiger partial charge in [-0.15, -0.1) is 0 Å². The third kappa shape index (κ3) is 4.41. The summed E-state index contributed by atoms with van der Waals surface area (Å²) in [4.78, 5) is 0. The molecule has 3 N–H and O–H groups in total. The van der Waals surface area contributed by atoms with Crippen LogP contribution in [0.3, 0.4) is 0 Å². The zero-order valence-electron chi connectivity index (χ0n) is 13.2. The number of hydrazine groups is 1. The van der Waals surface area contributed by atoms with Crippen LogP contribution in [0.2, 0.25) is 0 Å². The lowest BCUT2D eigenvalue weighted by atomic mass is 9.91. The average Bonchev–Trinajstić information content (AvgIpc) is 2.87. The second-order valence-corrected chi connectivity index (χ2v) is 5.45. The van der Waals surface area contributed by atoms with E-state index in [0.29, 0.717) is 31.2 Å². The molecule has 1 aliphatic rings. The smallest absolute Gasteiger partial charge is 0.119 e. The Kier molecular flexibility index (Phi) is 6.45. The van der Waals surface area contributed by atoms with E-state index in [2.05, 4.69) is 42.1 Å². The summed E-state index contributed by atoms with van der Waals surface area (Å²) in [5.74, 6) is 1.42. The Morgan fingerprint density at radius 2 is 1.90 bits per heavy atom. The van der Waals surface area contributed by atoms with Crippen LogP contribution in [-0.2, 0) is 4.74 Å². The molecule has 2 rings (SSSR count). The second kappa shape index (κ2) is 8.34. The van der Waals surface area contributed by atoms with Gasteiger partial charge >= 0.3 is 0 Å². The fraction of sp³-hybridized carbons (Fsp3) is 0.625. The highest BCUT2D eigenvalue weighted by Gasteiger charge is 2.32. The third-order valence-corrected chi connectivity index (χ3v) is 3.99. The minimum Gasteiger partial charge on any atom is -0.491 e. The molecule has 0 spiro atoms. The van der Waals surface area contributed by atoms with E-state index in [9.17, 15) is 0 Å². The van der Waals surface area contributed by atoms with Gasteiger partial charge in [-0.1, -0.05) is 26.0 Å². The Hall–Kier alpha value is -1.14. The third-order valence-electron chi connectivity index (χ3n) is 3.99. The van der Waals surface area contributed by atoms with E-state index in [0.717, 1.165) is 18.8 Å². The Labute approximate surface area is 127 Å². The molecule has 118 valence electrons. The molecule has 1 fully saturated rings. The van der Waals surface area contributed by atoms with Gasteiger partial charge in [0.2, 0.25) is 0 Å². The number of nitrogens with one attached hydrogen (secondary N) is 3. The number of hydrogen-bond donors (Lipinski definition) is 3. The Morgan fingerprint density at radius 1 is 1.14 bits per heavy atom. The van der Waals surface area contributed by atoms with E-state index in [4.69, 9.17) is 9.47 Å². The van der Waals surface area contributed by atoms with Crippen molar-refractivity contribution in [2.45, 2.75) is 25.9 Å². The summed E-state index contributed by atoms with van der Waals surface area (Å²) in [5.41, 5.74) is 8.07. The monoisotopic (exact) mass is 293 g/mol. The molecule has 0 bridgehead atoms. The molecule has 0 saturated carbocycles. The Balaban J connectivity index is 1.90. The van der Waals surface area contributed by atoms with E-state index in [1.165, 1.54) is 5.56 Å². The lowest BCUT2D eigenvalue weighted by Gasteiger charge is -2.19. The normalized spacial score (nSPS) is 25.2. The highest BCUT2D eigenvalue weighted by Crippen LogP contribution is 2.29. The number of hydrogen-bond acceptors (Lipinski definition) is 5. The van der Waals surface area contributed by atoms with Gasteiger partial charge in [0.1, 0.15) is 12.4 Å². The molecule has 5 nitrogen and oxygen atoms in total. The SMILES string of the molecule is CCNCC1NNC(c2ccc(OCCOC)cc2)C1C. The van der Waals surface area contributed by atoms with Crippen LogP contribution in [0.1, 0.15) is 25.5 Å². The van der Waals surface area contributed by atoms with Crippen LogP contribution in [0.15, 0.2) is 24.3 Å². The van der Waals surface area contributed by atoms with Gasteiger partial charge in [0.25, 0.3) is 0 Å². The molecule has 3 unspecified atom stereocenters. The Bertz CT molecular complexity index is 410. The average molecular weight is 293 g/mol. The molecular formula is C16H27N3O2. The van der Waals surface area contributed by atoms with Crippen molar-refractivity contribution in [2.24, 2.45) is 5.92 Å². The van der Waals surface area contributed by atoms with Crippen molar-refractivity contribution in [3.05, 3.63) is 29.8 Å². The fourth-order valence-electron chi connectivity index (χ4n) is 2.63. The van der Waals surface area contributed by atoms with Crippen molar-refractivity contribution >= 4 is 0 Å². The standard InChI is InChI=1S/C16H27N3O2/c1-4-17-11-15-12(2)16(19-18-15)13-5-7-14(8-6-13)21-10-9-20-3/h5-8,12,15-19H,4,9-11H2,1-3H3. The highest BCUT2D eigenvalue weighted by atomic mass is 16.5. The topological polar surface area (TPSA) is 54.5 Å². The van der Waals surface area contributed by atoms with Crippen LogP contribution in [0.25, 0.3) is 0 Å². The minimum absolute atomic E-state index is 0.335. The predicted octanol–water partition coefficient (Wildman–Crippen LogP) is 1.47. The first-order valence-corrected chi connectivity index (χ1v) is 7.69. The van der Waals surface area contributed by atoms with E-state index in [-0.39, 0.29) is 0 Å². The molecule has 0 radical (unpaired) electrons. The molecule has 1 saturated heterocycles. The molecular weight excluding hydrogens is 266 g/mol. The molecule has 1 aliphatic heterocycles. The molecule has 21 heavy (non-hydrogen) atoms. The number of benzene rings is 1. The minimum atomic E-state index is 0.335. The largest absolute Gasteiger partial charge is 0.491 e. The zero-order valence-corrected chi connectivity index (χ0v) is 13.2. The summed E-state index contributed by atoms with van der Waals surface area (Å²) in [7, 11) is 1.68. The summed E-state index contributed by atoms with van der Waals surface area (Å²) in [6.45, 7) is 7.59. The molecule has 1 aromatic rings. The maximum Gasteiger partial charge on any atom is 0.119 e. The number of rotatable bonds is 8. The van der Waals surface area contributed by atoms with Crippen LogP contribution in [0.4, 0.5) is 0 Å².